The molecule has 5 nitrogen and oxygen atoms in total. The van der Waals surface area contributed by atoms with Crippen LogP contribution in [0.1, 0.15) is 22.7 Å². The first kappa shape index (κ1) is 24.5. The van der Waals surface area contributed by atoms with E-state index in [1.807, 2.05) is 61.5 Å². The molecule has 1 N–H and O–H groups in total. The smallest absolute Gasteiger partial charge is 0.264 e. The quantitative estimate of drug-likeness (QED) is 0.332. The first-order valence-electron chi connectivity index (χ1n) is 11.1. The predicted molar refractivity (Wildman–Crippen MR) is 140 cm³/mol. The Balaban J connectivity index is 1.69. The maximum atomic E-state index is 13.5. The lowest BCUT2D eigenvalue weighted by molar-refractivity contribution is -0.120. The van der Waals surface area contributed by atoms with E-state index in [1.54, 1.807) is 42.5 Å². The number of hydrogen-bond donors (Lipinski definition) is 1. The molecule has 0 bridgehead atoms. The van der Waals surface area contributed by atoms with Gasteiger partial charge in [-0.1, -0.05) is 84.4 Å². The summed E-state index contributed by atoms with van der Waals surface area (Å²) in [7, 11) is -4.01. The fourth-order valence-electron chi connectivity index (χ4n) is 3.88. The van der Waals surface area contributed by atoms with Crippen molar-refractivity contribution in [2.24, 2.45) is 0 Å². The van der Waals surface area contributed by atoms with E-state index in [0.717, 1.165) is 21.0 Å². The lowest BCUT2D eigenvalue weighted by Gasteiger charge is -2.26. The second kappa shape index (κ2) is 10.8. The average Bonchev–Trinajstić information content (AvgIpc) is 2.88. The molecule has 0 heterocycles. The monoisotopic (exact) mass is 504 g/mol. The van der Waals surface area contributed by atoms with Gasteiger partial charge >= 0.3 is 0 Å². The van der Waals surface area contributed by atoms with Gasteiger partial charge in [-0.2, -0.15) is 0 Å². The van der Waals surface area contributed by atoms with Crippen molar-refractivity contribution in [1.29, 1.82) is 0 Å². The zero-order valence-corrected chi connectivity index (χ0v) is 20.7. The molecule has 0 radical (unpaired) electrons. The second-order valence-corrected chi connectivity index (χ2v) is 10.4. The largest absolute Gasteiger partial charge is 0.344 e. The molecule has 4 aromatic rings. The number of hydrogen-bond acceptors (Lipinski definition) is 3. The Kier molecular flexibility index (Phi) is 7.54. The Morgan fingerprint density at radius 3 is 2.03 bits per heavy atom. The summed E-state index contributed by atoms with van der Waals surface area (Å²) < 4.78 is 28.2. The normalized spacial score (nSPS) is 12.1. The van der Waals surface area contributed by atoms with Crippen molar-refractivity contribution in [2.45, 2.75) is 17.9 Å². The summed E-state index contributed by atoms with van der Waals surface area (Å²) in [5, 5.41) is 3.53. The molecule has 1 amide bonds. The lowest BCUT2D eigenvalue weighted by Crippen LogP contribution is -2.42. The van der Waals surface area contributed by atoms with Crippen molar-refractivity contribution in [1.82, 2.24) is 5.32 Å². The van der Waals surface area contributed by atoms with Crippen LogP contribution in [0.5, 0.6) is 0 Å². The molecule has 0 aromatic heterocycles. The molecular formula is C28H25ClN2O3S. The molecule has 0 aliphatic rings. The van der Waals surface area contributed by atoms with Crippen LogP contribution in [0.15, 0.2) is 114 Å². The van der Waals surface area contributed by atoms with Crippen LogP contribution >= 0.6 is 11.6 Å². The van der Waals surface area contributed by atoms with Gasteiger partial charge in [-0.25, -0.2) is 8.42 Å². The number of anilines is 1. The molecule has 0 fully saturated rings. The summed E-state index contributed by atoms with van der Waals surface area (Å²) in [6.07, 6.45) is 0. The first-order chi connectivity index (χ1) is 16.9. The van der Waals surface area contributed by atoms with Crippen molar-refractivity contribution in [3.8, 4) is 0 Å². The third kappa shape index (κ3) is 5.73. The number of nitrogens with one attached hydrogen (secondary N) is 1. The standard InChI is InChI=1S/C28H25ClN2O3S/c1-21-10-8-9-15-26(21)28(22-11-4-2-5-12-22)30-27(32)20-31(24-18-16-23(29)17-19-24)35(33,34)25-13-6-3-7-14-25/h2-19,28H,20H2,1H3,(H,30,32)/t28-/m0/s1. The van der Waals surface area contributed by atoms with E-state index in [4.69, 9.17) is 11.6 Å². The van der Waals surface area contributed by atoms with E-state index in [1.165, 1.54) is 12.1 Å². The van der Waals surface area contributed by atoms with Crippen LogP contribution in [-0.4, -0.2) is 20.9 Å². The SMILES string of the molecule is Cc1ccccc1[C@@H](NC(=O)CN(c1ccc(Cl)cc1)S(=O)(=O)c1ccccc1)c1ccccc1. The Hall–Kier alpha value is -3.61. The number of carbonyl (C=O) groups excluding carboxylic acids is 1. The number of amides is 1. The molecule has 7 heteroatoms. The van der Waals surface area contributed by atoms with Gasteiger partial charge in [-0.15, -0.1) is 0 Å². The van der Waals surface area contributed by atoms with Crippen molar-refractivity contribution in [3.05, 3.63) is 131 Å². The Morgan fingerprint density at radius 1 is 0.829 bits per heavy atom. The van der Waals surface area contributed by atoms with E-state index in [2.05, 4.69) is 5.32 Å². The molecule has 0 aliphatic carbocycles. The van der Waals surface area contributed by atoms with Gasteiger partial charge in [0.25, 0.3) is 10.0 Å². The number of rotatable bonds is 8. The van der Waals surface area contributed by atoms with Crippen LogP contribution in [0.3, 0.4) is 0 Å². The fraction of sp³-hybridized carbons (Fsp3) is 0.107. The summed E-state index contributed by atoms with van der Waals surface area (Å²) in [5.74, 6) is -0.434. The van der Waals surface area contributed by atoms with E-state index >= 15 is 0 Å². The number of aryl methyl sites for hydroxylation is 1. The second-order valence-electron chi connectivity index (χ2n) is 8.07. The highest BCUT2D eigenvalue weighted by molar-refractivity contribution is 7.92. The highest BCUT2D eigenvalue weighted by Gasteiger charge is 2.28. The van der Waals surface area contributed by atoms with Crippen molar-refractivity contribution in [3.63, 3.8) is 0 Å². The average molecular weight is 505 g/mol. The van der Waals surface area contributed by atoms with Gasteiger partial charge in [-0.3, -0.25) is 9.10 Å². The molecule has 35 heavy (non-hydrogen) atoms. The zero-order valence-electron chi connectivity index (χ0n) is 19.1. The van der Waals surface area contributed by atoms with Gasteiger partial charge in [0.1, 0.15) is 6.54 Å². The van der Waals surface area contributed by atoms with E-state index in [-0.39, 0.29) is 4.90 Å². The van der Waals surface area contributed by atoms with Gasteiger partial charge in [0.15, 0.2) is 0 Å². The Bertz CT molecular complexity index is 1390. The first-order valence-corrected chi connectivity index (χ1v) is 12.9. The van der Waals surface area contributed by atoms with Crippen molar-refractivity contribution in [2.75, 3.05) is 10.8 Å². The third-order valence-electron chi connectivity index (χ3n) is 5.67. The number of benzene rings is 4. The minimum absolute atomic E-state index is 0.0984. The molecule has 0 aliphatic heterocycles. The van der Waals surface area contributed by atoms with Gasteiger partial charge in [0, 0.05) is 5.02 Å². The van der Waals surface area contributed by atoms with Gasteiger partial charge in [0.2, 0.25) is 5.91 Å². The molecule has 0 saturated carbocycles. The fourth-order valence-corrected chi connectivity index (χ4v) is 5.44. The number of nitrogens with zero attached hydrogens (tertiary/aromatic N) is 1. The van der Waals surface area contributed by atoms with Crippen LogP contribution in [0.2, 0.25) is 5.02 Å². The highest BCUT2D eigenvalue weighted by atomic mass is 35.5. The molecule has 0 unspecified atom stereocenters. The molecule has 4 aromatic carbocycles. The lowest BCUT2D eigenvalue weighted by atomic mass is 9.95. The molecule has 1 atom stereocenters. The van der Waals surface area contributed by atoms with E-state index < -0.39 is 28.5 Å². The molecule has 4 rings (SSSR count). The number of sulfonamides is 1. The van der Waals surface area contributed by atoms with Crippen LogP contribution in [-0.2, 0) is 14.8 Å². The molecule has 0 saturated heterocycles. The summed E-state index contributed by atoms with van der Waals surface area (Å²) in [6.45, 7) is 1.59. The topological polar surface area (TPSA) is 66.5 Å². The predicted octanol–water partition coefficient (Wildman–Crippen LogP) is 5.75. The van der Waals surface area contributed by atoms with Crippen LogP contribution < -0.4 is 9.62 Å². The molecule has 178 valence electrons. The zero-order chi connectivity index (χ0) is 24.8. The van der Waals surface area contributed by atoms with Crippen LogP contribution in [0.25, 0.3) is 0 Å². The van der Waals surface area contributed by atoms with Gasteiger partial charge in [-0.05, 0) is 60.0 Å². The van der Waals surface area contributed by atoms with E-state index in [9.17, 15) is 13.2 Å². The number of halogens is 1. The molecular weight excluding hydrogens is 480 g/mol. The van der Waals surface area contributed by atoms with Crippen LogP contribution in [0, 0.1) is 6.92 Å². The summed E-state index contributed by atoms with van der Waals surface area (Å²) in [5.41, 5.74) is 3.21. The minimum atomic E-state index is -4.01. The Labute approximate surface area is 211 Å². The van der Waals surface area contributed by atoms with Gasteiger partial charge in [0.05, 0.1) is 16.6 Å². The summed E-state index contributed by atoms with van der Waals surface area (Å²) in [4.78, 5) is 13.5. The molecule has 0 spiro atoms. The minimum Gasteiger partial charge on any atom is -0.344 e. The van der Waals surface area contributed by atoms with Crippen LogP contribution in [0.4, 0.5) is 5.69 Å². The maximum absolute atomic E-state index is 13.5. The Morgan fingerprint density at radius 2 is 1.40 bits per heavy atom. The van der Waals surface area contributed by atoms with Gasteiger partial charge < -0.3 is 5.32 Å². The maximum Gasteiger partial charge on any atom is 0.264 e. The van der Waals surface area contributed by atoms with E-state index in [0.29, 0.717) is 10.7 Å². The highest BCUT2D eigenvalue weighted by Crippen LogP contribution is 2.27. The third-order valence-corrected chi connectivity index (χ3v) is 7.71. The van der Waals surface area contributed by atoms with Crippen molar-refractivity contribution < 1.29 is 13.2 Å². The van der Waals surface area contributed by atoms with Crippen molar-refractivity contribution >= 4 is 33.2 Å². The number of carbonyl (C=O) groups is 1. The summed E-state index contributed by atoms with van der Waals surface area (Å²) in [6, 6.07) is 31.4. The summed E-state index contributed by atoms with van der Waals surface area (Å²) >= 11 is 6.03.